The molecule has 0 aromatic rings. The van der Waals surface area contributed by atoms with Crippen molar-refractivity contribution in [3.8, 4) is 0 Å². The number of carboxylic acid groups (broad SMARTS) is 1. The molecule has 1 heterocycles. The minimum atomic E-state index is -0.743. The topological polar surface area (TPSA) is 81.7 Å². The fourth-order valence-electron chi connectivity index (χ4n) is 3.11. The van der Waals surface area contributed by atoms with E-state index in [1.807, 2.05) is 0 Å². The van der Waals surface area contributed by atoms with Crippen LogP contribution in [0.25, 0.3) is 0 Å². The van der Waals surface area contributed by atoms with E-state index in [2.05, 4.69) is 22.6 Å². The molecule has 6 heteroatoms. The predicted octanol–water partition coefficient (Wildman–Crippen LogP) is 1.02. The summed E-state index contributed by atoms with van der Waals surface area (Å²) in [4.78, 5) is 25.2. The summed E-state index contributed by atoms with van der Waals surface area (Å²) < 4.78 is 0. The highest BCUT2D eigenvalue weighted by Gasteiger charge is 2.28. The van der Waals surface area contributed by atoms with E-state index in [9.17, 15) is 9.59 Å². The molecular formula is C14H25N3O3. The molecule has 1 saturated carbocycles. The number of carboxylic acids is 1. The molecule has 3 N–H and O–H groups in total. The summed E-state index contributed by atoms with van der Waals surface area (Å²) >= 11 is 0. The second-order valence-electron chi connectivity index (χ2n) is 6.09. The lowest BCUT2D eigenvalue weighted by Crippen LogP contribution is -2.50. The van der Waals surface area contributed by atoms with Crippen LogP contribution in [0.4, 0.5) is 4.79 Å². The van der Waals surface area contributed by atoms with Crippen LogP contribution < -0.4 is 10.6 Å². The van der Waals surface area contributed by atoms with Gasteiger partial charge >= 0.3 is 12.0 Å². The first kappa shape index (κ1) is 15.1. The number of urea groups is 1. The maximum atomic E-state index is 12.0. The number of carbonyl (C=O) groups is 2. The van der Waals surface area contributed by atoms with E-state index in [1.54, 1.807) is 0 Å². The Morgan fingerprint density at radius 3 is 2.35 bits per heavy atom. The number of nitrogens with zero attached hydrogens (tertiary/aromatic N) is 1. The smallest absolute Gasteiger partial charge is 0.315 e. The molecule has 20 heavy (non-hydrogen) atoms. The van der Waals surface area contributed by atoms with Gasteiger partial charge in [-0.25, -0.2) is 4.79 Å². The summed E-state index contributed by atoms with van der Waals surface area (Å²) in [6.45, 7) is 2.02. The van der Waals surface area contributed by atoms with Crippen molar-refractivity contribution in [2.24, 2.45) is 5.92 Å². The molecule has 2 fully saturated rings. The number of likely N-dealkylation sites (tertiary alicyclic amines) is 1. The Bertz CT molecular complexity index is 354. The van der Waals surface area contributed by atoms with Crippen molar-refractivity contribution < 1.29 is 14.7 Å². The maximum Gasteiger partial charge on any atom is 0.315 e. The Balaban J connectivity index is 1.72. The lowest BCUT2D eigenvalue weighted by atomic mass is 9.86. The van der Waals surface area contributed by atoms with Gasteiger partial charge in [0.2, 0.25) is 0 Å². The molecule has 2 aliphatic rings. The van der Waals surface area contributed by atoms with Crippen molar-refractivity contribution in [1.29, 1.82) is 0 Å². The highest BCUT2D eigenvalue weighted by Crippen LogP contribution is 2.24. The summed E-state index contributed by atoms with van der Waals surface area (Å²) in [6.07, 6.45) is 4.99. The fraction of sp³-hybridized carbons (Fsp3) is 0.857. The molecule has 0 aromatic heterocycles. The number of nitrogens with one attached hydrogen (secondary N) is 2. The van der Waals surface area contributed by atoms with Gasteiger partial charge in [0.05, 0.1) is 5.92 Å². The van der Waals surface area contributed by atoms with Crippen LogP contribution in [0.3, 0.4) is 0 Å². The van der Waals surface area contributed by atoms with Crippen molar-refractivity contribution in [2.45, 2.75) is 50.6 Å². The molecule has 0 bridgehead atoms. The molecule has 114 valence electrons. The number of hydrogen-bond acceptors (Lipinski definition) is 3. The molecule has 0 aromatic carbocycles. The first-order valence-electron chi connectivity index (χ1n) is 7.53. The van der Waals surface area contributed by atoms with Gasteiger partial charge < -0.3 is 20.6 Å². The highest BCUT2D eigenvalue weighted by atomic mass is 16.4. The van der Waals surface area contributed by atoms with Crippen LogP contribution in [0.1, 0.15) is 38.5 Å². The Morgan fingerprint density at radius 2 is 1.70 bits per heavy atom. The van der Waals surface area contributed by atoms with Crippen molar-refractivity contribution in [1.82, 2.24) is 15.5 Å². The average Bonchev–Trinajstić information content (AvgIpc) is 2.41. The second kappa shape index (κ2) is 6.92. The van der Waals surface area contributed by atoms with E-state index in [-0.39, 0.29) is 24.0 Å². The molecule has 2 amide bonds. The summed E-state index contributed by atoms with van der Waals surface area (Å²) in [5.74, 6) is -1.05. The van der Waals surface area contributed by atoms with Gasteiger partial charge in [0, 0.05) is 12.1 Å². The van der Waals surface area contributed by atoms with Crippen LogP contribution in [-0.2, 0) is 4.79 Å². The van der Waals surface area contributed by atoms with Gasteiger partial charge in [-0.2, -0.15) is 0 Å². The van der Waals surface area contributed by atoms with Crippen molar-refractivity contribution in [3.63, 3.8) is 0 Å². The van der Waals surface area contributed by atoms with E-state index >= 15 is 0 Å². The summed E-state index contributed by atoms with van der Waals surface area (Å²) in [7, 11) is 2.09. The zero-order chi connectivity index (χ0) is 14.5. The molecule has 2 unspecified atom stereocenters. The molecule has 2 atom stereocenters. The Kier molecular flexibility index (Phi) is 5.23. The van der Waals surface area contributed by atoms with Gasteiger partial charge in [0.1, 0.15) is 0 Å². The molecule has 1 aliphatic heterocycles. The molecule has 1 aliphatic carbocycles. The quantitative estimate of drug-likeness (QED) is 0.722. The van der Waals surface area contributed by atoms with Gasteiger partial charge in [-0.1, -0.05) is 6.42 Å². The molecular weight excluding hydrogens is 258 g/mol. The molecule has 0 spiro atoms. The Hall–Kier alpha value is -1.30. The molecule has 1 saturated heterocycles. The number of carbonyl (C=O) groups excluding carboxylic acids is 1. The third-order valence-electron chi connectivity index (χ3n) is 4.41. The van der Waals surface area contributed by atoms with E-state index < -0.39 is 5.97 Å². The molecule has 6 nitrogen and oxygen atoms in total. The number of amides is 2. The van der Waals surface area contributed by atoms with Gasteiger partial charge in [0.25, 0.3) is 0 Å². The third kappa shape index (κ3) is 4.37. The van der Waals surface area contributed by atoms with E-state index in [1.165, 1.54) is 0 Å². The predicted molar refractivity (Wildman–Crippen MR) is 75.6 cm³/mol. The van der Waals surface area contributed by atoms with E-state index in [0.29, 0.717) is 6.42 Å². The molecule has 0 radical (unpaired) electrons. The normalized spacial score (nSPS) is 28.9. The van der Waals surface area contributed by atoms with Gasteiger partial charge in [-0.3, -0.25) is 4.79 Å². The van der Waals surface area contributed by atoms with E-state index in [4.69, 9.17) is 5.11 Å². The van der Waals surface area contributed by atoms with Crippen LogP contribution in [0.15, 0.2) is 0 Å². The molecule has 2 rings (SSSR count). The Labute approximate surface area is 119 Å². The van der Waals surface area contributed by atoms with Gasteiger partial charge in [-0.15, -0.1) is 0 Å². The minimum absolute atomic E-state index is 0.00360. The van der Waals surface area contributed by atoms with Gasteiger partial charge in [-0.05, 0) is 52.2 Å². The first-order chi connectivity index (χ1) is 9.54. The summed E-state index contributed by atoms with van der Waals surface area (Å²) in [5, 5.41) is 15.0. The lowest BCUT2D eigenvalue weighted by molar-refractivity contribution is -0.143. The van der Waals surface area contributed by atoms with E-state index in [0.717, 1.165) is 45.2 Å². The lowest BCUT2D eigenvalue weighted by Gasteiger charge is -2.31. The standard InChI is InChI=1S/C14H25N3O3/c1-17-7-5-11(6-8-17)15-14(20)16-12-4-2-3-10(9-12)13(18)19/h10-12H,2-9H2,1H3,(H,18,19)(H2,15,16,20). The number of piperidine rings is 1. The monoisotopic (exact) mass is 283 g/mol. The Morgan fingerprint density at radius 1 is 1.05 bits per heavy atom. The number of rotatable bonds is 3. The van der Waals surface area contributed by atoms with Crippen LogP contribution in [0, 0.1) is 5.92 Å². The largest absolute Gasteiger partial charge is 0.481 e. The van der Waals surface area contributed by atoms with Crippen molar-refractivity contribution in [3.05, 3.63) is 0 Å². The minimum Gasteiger partial charge on any atom is -0.481 e. The fourth-order valence-corrected chi connectivity index (χ4v) is 3.11. The van der Waals surface area contributed by atoms with Gasteiger partial charge in [0.15, 0.2) is 0 Å². The van der Waals surface area contributed by atoms with Crippen LogP contribution >= 0.6 is 0 Å². The summed E-state index contributed by atoms with van der Waals surface area (Å²) in [6, 6.07) is 0.0942. The van der Waals surface area contributed by atoms with Crippen LogP contribution in [0.2, 0.25) is 0 Å². The van der Waals surface area contributed by atoms with Crippen LogP contribution in [0.5, 0.6) is 0 Å². The average molecular weight is 283 g/mol. The van der Waals surface area contributed by atoms with Crippen LogP contribution in [-0.4, -0.2) is 54.2 Å². The SMILES string of the molecule is CN1CCC(NC(=O)NC2CCCC(C(=O)O)C2)CC1. The third-order valence-corrected chi connectivity index (χ3v) is 4.41. The summed E-state index contributed by atoms with van der Waals surface area (Å²) in [5.41, 5.74) is 0. The first-order valence-corrected chi connectivity index (χ1v) is 7.53. The van der Waals surface area contributed by atoms with Crippen molar-refractivity contribution >= 4 is 12.0 Å². The zero-order valence-corrected chi connectivity index (χ0v) is 12.1. The number of hydrogen-bond donors (Lipinski definition) is 3. The zero-order valence-electron chi connectivity index (χ0n) is 12.1. The number of aliphatic carboxylic acids is 1. The highest BCUT2D eigenvalue weighted by molar-refractivity contribution is 5.75. The maximum absolute atomic E-state index is 12.0. The second-order valence-corrected chi connectivity index (χ2v) is 6.09. The van der Waals surface area contributed by atoms with Crippen molar-refractivity contribution in [2.75, 3.05) is 20.1 Å².